The first kappa shape index (κ1) is 66.0. The number of esters is 6. The van der Waals surface area contributed by atoms with E-state index >= 15 is 0 Å². The Labute approximate surface area is 422 Å². The zero-order valence-corrected chi connectivity index (χ0v) is 44.8. The fraction of sp³-hybridized carbons (Fsp3) is 0.870. The van der Waals surface area contributed by atoms with Crippen LogP contribution in [0, 0.1) is 11.8 Å². The predicted octanol–water partition coefficient (Wildman–Crippen LogP) is 10.9. The number of nitrogens with zero attached hydrogens (tertiary/aromatic N) is 1. The lowest BCUT2D eigenvalue weighted by Gasteiger charge is -2.21. The van der Waals surface area contributed by atoms with Crippen LogP contribution in [-0.4, -0.2) is 120 Å². The summed E-state index contributed by atoms with van der Waals surface area (Å²) in [5.74, 6) is -4.39. The minimum atomic E-state index is -1.03. The van der Waals surface area contributed by atoms with Crippen molar-refractivity contribution in [3.63, 3.8) is 0 Å². The molecule has 1 amide bonds. The number of hydrogen-bond acceptors (Lipinski definition) is 15. The molecule has 0 aliphatic rings. The molecule has 0 fully saturated rings. The van der Waals surface area contributed by atoms with E-state index in [2.05, 4.69) is 33.0 Å². The Bertz CT molecular complexity index is 1210. The van der Waals surface area contributed by atoms with Gasteiger partial charge in [0.05, 0.1) is 39.3 Å². The number of unbranched alkanes of at least 4 members (excludes halogenated alkanes) is 20. The van der Waals surface area contributed by atoms with Crippen LogP contribution in [0.1, 0.15) is 220 Å². The molecule has 0 aliphatic heterocycles. The topological polar surface area (TPSA) is 199 Å². The minimum Gasteiger partial charge on any atom is -0.465 e. The summed E-state index contributed by atoms with van der Waals surface area (Å²) >= 11 is 0. The van der Waals surface area contributed by atoms with Gasteiger partial charge in [0.2, 0.25) is 0 Å². The Hall–Kier alpha value is -3.95. The second-order valence-corrected chi connectivity index (χ2v) is 19.1. The van der Waals surface area contributed by atoms with E-state index in [9.17, 15) is 33.6 Å². The van der Waals surface area contributed by atoms with Crippen LogP contribution in [0.4, 0.5) is 4.79 Å². The number of likely N-dealkylation sites (N-methyl/N-ethyl adjacent to an activating group) is 1. The summed E-state index contributed by atoms with van der Waals surface area (Å²) < 4.78 is 38.6. The Morgan fingerprint density at radius 3 is 0.914 bits per heavy atom. The van der Waals surface area contributed by atoms with E-state index in [-0.39, 0.29) is 71.6 Å². The molecule has 0 heterocycles. The molecule has 0 bridgehead atoms. The van der Waals surface area contributed by atoms with Crippen molar-refractivity contribution in [2.45, 2.75) is 226 Å². The smallest absolute Gasteiger partial charge is 0.407 e. The monoisotopic (exact) mass is 999 g/mol. The Morgan fingerprint density at radius 2 is 0.629 bits per heavy atom. The molecule has 16 heteroatoms. The molecule has 0 aromatic rings. The summed E-state index contributed by atoms with van der Waals surface area (Å²) in [4.78, 5) is 91.8. The van der Waals surface area contributed by atoms with E-state index < -0.39 is 73.0 Å². The molecule has 1 N–H and O–H groups in total. The maximum atomic E-state index is 13.3. The van der Waals surface area contributed by atoms with Gasteiger partial charge >= 0.3 is 41.9 Å². The first-order valence-corrected chi connectivity index (χ1v) is 27.3. The lowest BCUT2D eigenvalue weighted by atomic mass is 10.1. The van der Waals surface area contributed by atoms with Gasteiger partial charge in [0.1, 0.15) is 25.9 Å². The lowest BCUT2D eigenvalue weighted by molar-refractivity contribution is -0.157. The number of alkyl carbamates (subject to hydrolysis) is 1. The molecule has 0 atom stereocenters. The van der Waals surface area contributed by atoms with Crippen LogP contribution in [-0.2, 0) is 61.9 Å². The number of ether oxygens (including phenoxy) is 7. The Kier molecular flexibility index (Phi) is 44.7. The predicted molar refractivity (Wildman–Crippen MR) is 271 cm³/mol. The highest BCUT2D eigenvalue weighted by molar-refractivity contribution is 5.73. The van der Waals surface area contributed by atoms with E-state index in [1.54, 1.807) is 0 Å². The normalized spacial score (nSPS) is 11.2. The third-order valence-corrected chi connectivity index (χ3v) is 11.8. The molecule has 70 heavy (non-hydrogen) atoms. The molecule has 0 aliphatic carbocycles. The van der Waals surface area contributed by atoms with Gasteiger partial charge in [0, 0.05) is 44.1 Å². The molecule has 0 saturated carbocycles. The van der Waals surface area contributed by atoms with Gasteiger partial charge < -0.3 is 43.4 Å². The summed E-state index contributed by atoms with van der Waals surface area (Å²) in [6, 6.07) is -1.03. The van der Waals surface area contributed by atoms with Crippen molar-refractivity contribution in [1.82, 2.24) is 10.2 Å². The van der Waals surface area contributed by atoms with Crippen molar-refractivity contribution < 1.29 is 66.7 Å². The number of amides is 1. The van der Waals surface area contributed by atoms with Crippen LogP contribution in [0.25, 0.3) is 0 Å². The molecule has 0 spiro atoms. The summed E-state index contributed by atoms with van der Waals surface area (Å²) in [7, 11) is 3.65. The van der Waals surface area contributed by atoms with Gasteiger partial charge in [-0.2, -0.15) is 0 Å². The number of nitrogens with one attached hydrogen (secondary N) is 1. The zero-order valence-electron chi connectivity index (χ0n) is 44.8. The number of hydrogen-bond donors (Lipinski definition) is 1. The van der Waals surface area contributed by atoms with Crippen LogP contribution in [0.5, 0.6) is 0 Å². The first-order valence-electron chi connectivity index (χ1n) is 27.3. The van der Waals surface area contributed by atoms with Crippen molar-refractivity contribution >= 4 is 41.9 Å². The SMILES string of the molecule is CCCCCCCCC(=O)OCC(COC(=O)CCCCCCCC)CC(=O)OCC(COC(=O)CC(COC(=O)CCCCCCCC)COC(=O)CCCCCCCC)NC(=O)OCCN(C)C. The molecule has 0 unspecified atom stereocenters. The maximum absolute atomic E-state index is 13.3. The third kappa shape index (κ3) is 44.0. The minimum absolute atomic E-state index is 0.0683. The summed E-state index contributed by atoms with van der Waals surface area (Å²) in [6.45, 7) is 7.65. The summed E-state index contributed by atoms with van der Waals surface area (Å²) in [5, 5.41) is 2.60. The molecule has 0 saturated heterocycles. The number of rotatable bonds is 48. The van der Waals surface area contributed by atoms with Crippen LogP contribution in [0.15, 0.2) is 0 Å². The van der Waals surface area contributed by atoms with Crippen molar-refractivity contribution in [2.75, 3.05) is 66.9 Å². The highest BCUT2D eigenvalue weighted by Gasteiger charge is 2.25. The van der Waals surface area contributed by atoms with E-state index in [0.29, 0.717) is 32.2 Å². The van der Waals surface area contributed by atoms with Gasteiger partial charge in [-0.25, -0.2) is 4.79 Å². The number of carbonyl (C=O) groups is 7. The van der Waals surface area contributed by atoms with Crippen molar-refractivity contribution in [2.24, 2.45) is 11.8 Å². The molecule has 0 aromatic heterocycles. The standard InChI is InChI=1S/C54H98N2O14/c1-7-11-15-19-23-27-31-48(57)65-39-45(40-66-49(58)32-28-24-20-16-12-8-2)37-52(61)69-43-47(55-54(63)64-36-35-56(5)6)44-70-53(62)38-46(41-67-50(59)33-29-25-21-17-13-9-3)42-68-51(60)34-30-26-22-18-14-10-4/h45-47H,7-44H2,1-6H3,(H,55,63). The van der Waals surface area contributed by atoms with Crippen LogP contribution >= 0.6 is 0 Å². The average molecular weight is 999 g/mol. The molecule has 0 radical (unpaired) electrons. The fourth-order valence-corrected chi connectivity index (χ4v) is 7.30. The zero-order chi connectivity index (χ0) is 51.9. The molecule has 0 rings (SSSR count). The molecular weight excluding hydrogens is 901 g/mol. The van der Waals surface area contributed by atoms with Crippen LogP contribution < -0.4 is 5.32 Å². The van der Waals surface area contributed by atoms with Gasteiger partial charge in [-0.05, 0) is 39.8 Å². The Balaban J connectivity index is 5.73. The van der Waals surface area contributed by atoms with Crippen LogP contribution in [0.3, 0.4) is 0 Å². The van der Waals surface area contributed by atoms with E-state index in [0.717, 1.165) is 128 Å². The summed E-state index contributed by atoms with van der Waals surface area (Å²) in [5.41, 5.74) is 0. The van der Waals surface area contributed by atoms with E-state index in [1.165, 1.54) is 0 Å². The second-order valence-electron chi connectivity index (χ2n) is 19.1. The van der Waals surface area contributed by atoms with Crippen molar-refractivity contribution in [1.29, 1.82) is 0 Å². The van der Waals surface area contributed by atoms with Crippen molar-refractivity contribution in [3.05, 3.63) is 0 Å². The van der Waals surface area contributed by atoms with Gasteiger partial charge in [0.25, 0.3) is 0 Å². The highest BCUT2D eigenvalue weighted by Crippen LogP contribution is 2.15. The van der Waals surface area contributed by atoms with Gasteiger partial charge in [-0.1, -0.05) is 156 Å². The largest absolute Gasteiger partial charge is 0.465 e. The lowest BCUT2D eigenvalue weighted by Crippen LogP contribution is -2.43. The molecule has 408 valence electrons. The second kappa shape index (κ2) is 47.4. The van der Waals surface area contributed by atoms with Gasteiger partial charge in [-0.15, -0.1) is 0 Å². The van der Waals surface area contributed by atoms with Gasteiger partial charge in [0.15, 0.2) is 0 Å². The quantitative estimate of drug-likeness (QED) is 0.0343. The maximum Gasteiger partial charge on any atom is 0.407 e. The summed E-state index contributed by atoms with van der Waals surface area (Å²) in [6.07, 6.45) is 23.9. The average Bonchev–Trinajstić information content (AvgIpc) is 3.33. The molecule has 16 nitrogen and oxygen atoms in total. The van der Waals surface area contributed by atoms with E-state index in [4.69, 9.17) is 33.2 Å². The molecule has 0 aromatic carbocycles. The third-order valence-electron chi connectivity index (χ3n) is 11.8. The highest BCUT2D eigenvalue weighted by atomic mass is 16.6. The number of carbonyl (C=O) groups excluding carboxylic acids is 7. The van der Waals surface area contributed by atoms with E-state index in [1.807, 2.05) is 19.0 Å². The van der Waals surface area contributed by atoms with Crippen molar-refractivity contribution in [3.8, 4) is 0 Å². The molecular formula is C54H98N2O14. The Morgan fingerprint density at radius 1 is 0.357 bits per heavy atom. The van der Waals surface area contributed by atoms with Crippen LogP contribution in [0.2, 0.25) is 0 Å². The fourth-order valence-electron chi connectivity index (χ4n) is 7.30. The first-order chi connectivity index (χ1) is 33.8. The van der Waals surface area contributed by atoms with Gasteiger partial charge in [-0.3, -0.25) is 28.8 Å².